The van der Waals surface area contributed by atoms with E-state index in [-0.39, 0.29) is 23.8 Å². The third-order valence-electron chi connectivity index (χ3n) is 3.49. The number of hydrogen-bond donors (Lipinski definition) is 1. The maximum atomic E-state index is 12.4. The molecule has 0 atom stereocenters. The summed E-state index contributed by atoms with van der Waals surface area (Å²) < 4.78 is 4.97. The first-order valence-electron chi connectivity index (χ1n) is 7.48. The summed E-state index contributed by atoms with van der Waals surface area (Å²) in [4.78, 5) is 37.6. The van der Waals surface area contributed by atoms with E-state index in [1.54, 1.807) is 30.3 Å². The first kappa shape index (κ1) is 18.6. The van der Waals surface area contributed by atoms with Gasteiger partial charge >= 0.3 is 0 Å². The van der Waals surface area contributed by atoms with Gasteiger partial charge in [-0.15, -0.1) is 0 Å². The van der Waals surface area contributed by atoms with E-state index in [1.807, 2.05) is 0 Å². The summed E-state index contributed by atoms with van der Waals surface area (Å²) in [6.45, 7) is 0.176. The number of imide groups is 1. The molecule has 1 fully saturated rings. The molecule has 2 aromatic rings. The lowest BCUT2D eigenvalue weighted by atomic mass is 10.2. The second-order valence-electron chi connectivity index (χ2n) is 5.23. The Morgan fingerprint density at radius 3 is 2.77 bits per heavy atom. The Bertz CT molecular complexity index is 896. The Labute approximate surface area is 163 Å². The first-order chi connectivity index (χ1) is 12.5. The van der Waals surface area contributed by atoms with E-state index < -0.39 is 17.1 Å². The molecular formula is C17H12Cl2N2O4S. The highest BCUT2D eigenvalue weighted by Gasteiger charge is 2.34. The predicted molar refractivity (Wildman–Crippen MR) is 100 cm³/mol. The van der Waals surface area contributed by atoms with Crippen LogP contribution in [0, 0.1) is 0 Å². The number of carbonyl (C=O) groups is 3. The quantitative estimate of drug-likeness (QED) is 0.751. The van der Waals surface area contributed by atoms with Crippen LogP contribution in [0.5, 0.6) is 0 Å². The van der Waals surface area contributed by atoms with E-state index in [9.17, 15) is 14.4 Å². The minimum atomic E-state index is -0.432. The minimum Gasteiger partial charge on any atom is -0.459 e. The second kappa shape index (κ2) is 7.99. The van der Waals surface area contributed by atoms with Gasteiger partial charge in [0, 0.05) is 23.1 Å². The normalized spacial score (nSPS) is 15.8. The van der Waals surface area contributed by atoms with Crippen LogP contribution >= 0.6 is 35.0 Å². The fraction of sp³-hybridized carbons (Fsp3) is 0.118. The maximum Gasteiger partial charge on any atom is 0.293 e. The molecule has 3 amide bonds. The Morgan fingerprint density at radius 1 is 1.27 bits per heavy atom. The van der Waals surface area contributed by atoms with Gasteiger partial charge in [-0.05, 0) is 47.7 Å². The van der Waals surface area contributed by atoms with Crippen LogP contribution in [0.2, 0.25) is 10.0 Å². The standard InChI is InChI=1S/C17H12Cl2N2O4S/c18-11-4-3-10(12(19)9-11)8-14-16(23)21(17(24)26-14)6-5-20-15(22)13-2-1-7-25-13/h1-4,7-9H,5-6H2,(H,20,22). The van der Waals surface area contributed by atoms with Crippen LogP contribution in [0.25, 0.3) is 6.08 Å². The molecule has 134 valence electrons. The highest BCUT2D eigenvalue weighted by molar-refractivity contribution is 8.18. The van der Waals surface area contributed by atoms with Crippen LogP contribution in [-0.2, 0) is 4.79 Å². The van der Waals surface area contributed by atoms with E-state index in [1.165, 1.54) is 12.3 Å². The molecule has 0 unspecified atom stereocenters. The van der Waals surface area contributed by atoms with Crippen LogP contribution in [0.15, 0.2) is 45.9 Å². The molecule has 0 saturated carbocycles. The van der Waals surface area contributed by atoms with Crippen molar-refractivity contribution in [1.29, 1.82) is 0 Å². The van der Waals surface area contributed by atoms with Gasteiger partial charge in [-0.25, -0.2) is 0 Å². The van der Waals surface area contributed by atoms with Gasteiger partial charge < -0.3 is 9.73 Å². The summed E-state index contributed by atoms with van der Waals surface area (Å²) in [5, 5.41) is 3.05. The molecule has 0 aliphatic carbocycles. The van der Waals surface area contributed by atoms with E-state index in [0.29, 0.717) is 15.6 Å². The summed E-state index contributed by atoms with van der Waals surface area (Å²) in [5.41, 5.74) is 0.590. The average Bonchev–Trinajstić information content (AvgIpc) is 3.21. The minimum absolute atomic E-state index is 0.0583. The fourth-order valence-electron chi connectivity index (χ4n) is 2.23. The summed E-state index contributed by atoms with van der Waals surface area (Å²) in [6.07, 6.45) is 2.93. The maximum absolute atomic E-state index is 12.4. The topological polar surface area (TPSA) is 79.6 Å². The SMILES string of the molecule is O=C(NCCN1C(=O)SC(=Cc2ccc(Cl)cc2Cl)C1=O)c1ccco1. The van der Waals surface area contributed by atoms with Crippen molar-refractivity contribution in [3.63, 3.8) is 0 Å². The van der Waals surface area contributed by atoms with Crippen molar-refractivity contribution in [3.8, 4) is 0 Å². The van der Waals surface area contributed by atoms with Gasteiger partial charge in [-0.3, -0.25) is 19.3 Å². The number of rotatable bonds is 5. The van der Waals surface area contributed by atoms with E-state index in [0.717, 1.165) is 16.7 Å². The monoisotopic (exact) mass is 410 g/mol. The summed E-state index contributed by atoms with van der Waals surface area (Å²) >= 11 is 12.8. The summed E-state index contributed by atoms with van der Waals surface area (Å²) in [7, 11) is 0. The molecule has 9 heteroatoms. The molecule has 26 heavy (non-hydrogen) atoms. The third kappa shape index (κ3) is 4.12. The van der Waals surface area contributed by atoms with Gasteiger partial charge in [-0.2, -0.15) is 0 Å². The molecule has 1 N–H and O–H groups in total. The van der Waals surface area contributed by atoms with Crippen molar-refractivity contribution in [2.75, 3.05) is 13.1 Å². The molecule has 1 aromatic carbocycles. The summed E-state index contributed by atoms with van der Waals surface area (Å²) in [5.74, 6) is -0.680. The Hall–Kier alpha value is -2.22. The summed E-state index contributed by atoms with van der Waals surface area (Å²) in [6, 6.07) is 7.99. The average molecular weight is 411 g/mol. The number of thioether (sulfide) groups is 1. The molecular weight excluding hydrogens is 399 g/mol. The lowest BCUT2D eigenvalue weighted by Gasteiger charge is -2.12. The van der Waals surface area contributed by atoms with Gasteiger partial charge in [0.1, 0.15) is 0 Å². The Balaban J connectivity index is 1.63. The molecule has 2 heterocycles. The van der Waals surface area contributed by atoms with Gasteiger partial charge in [0.15, 0.2) is 5.76 Å². The molecule has 6 nitrogen and oxygen atoms in total. The van der Waals surface area contributed by atoms with Crippen molar-refractivity contribution < 1.29 is 18.8 Å². The van der Waals surface area contributed by atoms with Crippen molar-refractivity contribution in [1.82, 2.24) is 10.2 Å². The molecule has 1 aliphatic rings. The lowest BCUT2D eigenvalue weighted by Crippen LogP contribution is -2.37. The molecule has 3 rings (SSSR count). The largest absolute Gasteiger partial charge is 0.459 e. The lowest BCUT2D eigenvalue weighted by molar-refractivity contribution is -0.122. The zero-order valence-corrected chi connectivity index (χ0v) is 15.5. The number of halogens is 2. The Morgan fingerprint density at radius 2 is 2.08 bits per heavy atom. The number of nitrogens with zero attached hydrogens (tertiary/aromatic N) is 1. The molecule has 0 bridgehead atoms. The zero-order chi connectivity index (χ0) is 18.7. The number of furan rings is 1. The number of carbonyl (C=O) groups excluding carboxylic acids is 3. The van der Waals surface area contributed by atoms with Gasteiger partial charge in [0.05, 0.1) is 11.2 Å². The molecule has 1 aliphatic heterocycles. The second-order valence-corrected chi connectivity index (χ2v) is 7.07. The molecule has 1 aromatic heterocycles. The number of amides is 3. The van der Waals surface area contributed by atoms with Crippen LogP contribution in [0.3, 0.4) is 0 Å². The number of benzene rings is 1. The van der Waals surface area contributed by atoms with Crippen LogP contribution in [0.1, 0.15) is 16.1 Å². The van der Waals surface area contributed by atoms with Gasteiger partial charge in [0.25, 0.3) is 17.1 Å². The Kier molecular flexibility index (Phi) is 5.70. The van der Waals surface area contributed by atoms with Crippen molar-refractivity contribution in [2.24, 2.45) is 0 Å². The zero-order valence-electron chi connectivity index (χ0n) is 13.2. The van der Waals surface area contributed by atoms with E-state index in [2.05, 4.69) is 5.32 Å². The molecule has 0 spiro atoms. The van der Waals surface area contributed by atoms with Gasteiger partial charge in [0.2, 0.25) is 0 Å². The third-order valence-corrected chi connectivity index (χ3v) is 4.96. The highest BCUT2D eigenvalue weighted by Crippen LogP contribution is 2.33. The van der Waals surface area contributed by atoms with Crippen LogP contribution < -0.4 is 5.32 Å². The first-order valence-corrected chi connectivity index (χ1v) is 9.05. The van der Waals surface area contributed by atoms with E-state index in [4.69, 9.17) is 27.6 Å². The molecule has 1 saturated heterocycles. The highest BCUT2D eigenvalue weighted by atomic mass is 35.5. The van der Waals surface area contributed by atoms with E-state index >= 15 is 0 Å². The smallest absolute Gasteiger partial charge is 0.293 e. The van der Waals surface area contributed by atoms with Crippen molar-refractivity contribution in [3.05, 3.63) is 62.9 Å². The van der Waals surface area contributed by atoms with Gasteiger partial charge in [-0.1, -0.05) is 29.3 Å². The fourth-order valence-corrected chi connectivity index (χ4v) is 3.55. The number of hydrogen-bond acceptors (Lipinski definition) is 5. The van der Waals surface area contributed by atoms with Crippen molar-refractivity contribution in [2.45, 2.75) is 0 Å². The van der Waals surface area contributed by atoms with Crippen LogP contribution in [-0.4, -0.2) is 35.0 Å². The predicted octanol–water partition coefficient (Wildman–Crippen LogP) is 4.05. The molecule has 0 radical (unpaired) electrons. The van der Waals surface area contributed by atoms with Crippen LogP contribution in [0.4, 0.5) is 4.79 Å². The number of nitrogens with one attached hydrogen (secondary N) is 1. The van der Waals surface area contributed by atoms with Crippen molar-refractivity contribution >= 4 is 58.1 Å².